The molecule has 12 heteroatoms. The van der Waals surface area contributed by atoms with Crippen molar-refractivity contribution in [1.29, 1.82) is 0 Å². The highest BCUT2D eigenvalue weighted by Gasteiger charge is 2.29. The summed E-state index contributed by atoms with van der Waals surface area (Å²) in [5.41, 5.74) is 2.57. The SMILES string of the molecule is CCS(=O)(=O)NC(=O)c1cnn2c(Nc3ccc(F)cc3C)c(C(=O)N3CCC(c4ccccc4)CC3)cnc12. The van der Waals surface area contributed by atoms with Crippen LogP contribution in [-0.2, 0) is 10.0 Å². The molecule has 0 aliphatic carbocycles. The number of anilines is 2. The number of likely N-dealkylation sites (tertiary alicyclic amines) is 1. The van der Waals surface area contributed by atoms with Crippen LogP contribution in [0.5, 0.6) is 0 Å². The number of hydrogen-bond acceptors (Lipinski definition) is 7. The molecular weight excluding hydrogens is 535 g/mol. The smallest absolute Gasteiger partial charge is 0.270 e. The summed E-state index contributed by atoms with van der Waals surface area (Å²) in [5.74, 6) is -1.24. The van der Waals surface area contributed by atoms with Crippen LogP contribution in [0.4, 0.5) is 15.9 Å². The van der Waals surface area contributed by atoms with Crippen molar-refractivity contribution in [2.45, 2.75) is 32.6 Å². The van der Waals surface area contributed by atoms with Gasteiger partial charge in [0.25, 0.3) is 11.8 Å². The number of rotatable bonds is 7. The average molecular weight is 565 g/mol. The van der Waals surface area contributed by atoms with E-state index in [9.17, 15) is 22.4 Å². The van der Waals surface area contributed by atoms with Gasteiger partial charge in [0.2, 0.25) is 10.0 Å². The second kappa shape index (κ2) is 11.0. The Morgan fingerprint density at radius 1 is 1.05 bits per heavy atom. The number of aryl methyl sites for hydroxylation is 1. The van der Waals surface area contributed by atoms with Crippen LogP contribution in [0.1, 0.15) is 57.5 Å². The second-order valence-electron chi connectivity index (χ2n) is 9.71. The maximum atomic E-state index is 13.8. The minimum absolute atomic E-state index is 0.0606. The number of nitrogens with zero attached hydrogens (tertiary/aromatic N) is 4. The van der Waals surface area contributed by atoms with Gasteiger partial charge in [0, 0.05) is 25.0 Å². The van der Waals surface area contributed by atoms with E-state index in [4.69, 9.17) is 0 Å². The molecule has 0 radical (unpaired) electrons. The van der Waals surface area contributed by atoms with Crippen molar-refractivity contribution in [3.05, 3.63) is 89.0 Å². The van der Waals surface area contributed by atoms with Gasteiger partial charge in [0.1, 0.15) is 22.8 Å². The number of sulfonamides is 1. The third-order valence-corrected chi connectivity index (χ3v) is 8.38. The number of amides is 2. The molecule has 5 rings (SSSR count). The van der Waals surface area contributed by atoms with Gasteiger partial charge in [0.15, 0.2) is 5.65 Å². The Hall–Kier alpha value is -4.32. The van der Waals surface area contributed by atoms with Gasteiger partial charge in [-0.2, -0.15) is 9.61 Å². The number of fused-ring (bicyclic) bond motifs is 1. The molecule has 2 N–H and O–H groups in total. The molecule has 1 aliphatic heterocycles. The van der Waals surface area contributed by atoms with Crippen molar-refractivity contribution >= 4 is 39.0 Å². The van der Waals surface area contributed by atoms with E-state index in [2.05, 4.69) is 27.5 Å². The van der Waals surface area contributed by atoms with E-state index in [1.807, 2.05) is 22.9 Å². The fourth-order valence-corrected chi connectivity index (χ4v) is 5.38. The van der Waals surface area contributed by atoms with Gasteiger partial charge in [-0.05, 0) is 61.9 Å². The summed E-state index contributed by atoms with van der Waals surface area (Å²) in [6.45, 7) is 4.23. The van der Waals surface area contributed by atoms with Crippen LogP contribution in [0.25, 0.3) is 5.65 Å². The van der Waals surface area contributed by atoms with E-state index in [-0.39, 0.29) is 34.3 Å². The van der Waals surface area contributed by atoms with Gasteiger partial charge in [-0.25, -0.2) is 22.5 Å². The van der Waals surface area contributed by atoms with Crippen LogP contribution in [0.2, 0.25) is 0 Å². The molecule has 0 atom stereocenters. The third kappa shape index (κ3) is 5.53. The normalized spacial score (nSPS) is 14.3. The number of hydrogen-bond donors (Lipinski definition) is 2. The lowest BCUT2D eigenvalue weighted by Crippen LogP contribution is -2.38. The van der Waals surface area contributed by atoms with Crippen molar-refractivity contribution < 1.29 is 22.4 Å². The van der Waals surface area contributed by atoms with Crippen LogP contribution in [-0.4, -0.2) is 58.6 Å². The van der Waals surface area contributed by atoms with E-state index >= 15 is 0 Å². The van der Waals surface area contributed by atoms with Crippen LogP contribution in [0.3, 0.4) is 0 Å². The number of carbonyl (C=O) groups is 2. The fraction of sp³-hybridized carbons (Fsp3) is 0.286. The highest BCUT2D eigenvalue weighted by molar-refractivity contribution is 7.90. The van der Waals surface area contributed by atoms with Crippen molar-refractivity contribution in [1.82, 2.24) is 24.2 Å². The maximum Gasteiger partial charge on any atom is 0.270 e. The van der Waals surface area contributed by atoms with E-state index in [1.54, 1.807) is 17.9 Å². The molecule has 4 aromatic rings. The topological polar surface area (TPSA) is 126 Å². The number of piperidine rings is 1. The Kier molecular flexibility index (Phi) is 7.53. The van der Waals surface area contributed by atoms with Gasteiger partial charge in [-0.1, -0.05) is 30.3 Å². The molecule has 1 fully saturated rings. The fourth-order valence-electron chi connectivity index (χ4n) is 4.84. The number of nitrogens with one attached hydrogen (secondary N) is 2. The summed E-state index contributed by atoms with van der Waals surface area (Å²) in [5, 5.41) is 7.44. The summed E-state index contributed by atoms with van der Waals surface area (Å²) in [7, 11) is -3.82. The first-order valence-corrected chi connectivity index (χ1v) is 14.6. The van der Waals surface area contributed by atoms with Gasteiger partial charge in [-0.3, -0.25) is 9.59 Å². The van der Waals surface area contributed by atoms with Crippen molar-refractivity contribution in [3.8, 4) is 0 Å². The van der Waals surface area contributed by atoms with Crippen molar-refractivity contribution in [2.24, 2.45) is 0 Å². The lowest BCUT2D eigenvalue weighted by Gasteiger charge is -2.32. The zero-order valence-corrected chi connectivity index (χ0v) is 22.9. The molecule has 1 aliphatic rings. The van der Waals surface area contributed by atoms with Crippen LogP contribution in [0.15, 0.2) is 60.9 Å². The van der Waals surface area contributed by atoms with Crippen LogP contribution >= 0.6 is 0 Å². The summed E-state index contributed by atoms with van der Waals surface area (Å²) in [6, 6.07) is 14.4. The first kappa shape index (κ1) is 27.3. The molecular formula is C28H29FN6O4S. The lowest BCUT2D eigenvalue weighted by molar-refractivity contribution is 0.0713. The Morgan fingerprint density at radius 3 is 2.45 bits per heavy atom. The van der Waals surface area contributed by atoms with E-state index in [0.29, 0.717) is 30.3 Å². The van der Waals surface area contributed by atoms with Gasteiger partial charge < -0.3 is 10.2 Å². The van der Waals surface area contributed by atoms with Crippen LogP contribution in [0, 0.1) is 12.7 Å². The molecule has 0 saturated carbocycles. The molecule has 2 aromatic carbocycles. The molecule has 10 nitrogen and oxygen atoms in total. The minimum Gasteiger partial charge on any atom is -0.339 e. The summed E-state index contributed by atoms with van der Waals surface area (Å²) >= 11 is 0. The molecule has 1 saturated heterocycles. The lowest BCUT2D eigenvalue weighted by atomic mass is 9.89. The zero-order chi connectivity index (χ0) is 28.4. The van der Waals surface area contributed by atoms with Crippen molar-refractivity contribution in [2.75, 3.05) is 24.2 Å². The maximum absolute atomic E-state index is 13.8. The number of benzene rings is 2. The van der Waals surface area contributed by atoms with Gasteiger partial charge in [0.05, 0.1) is 11.9 Å². The molecule has 0 spiro atoms. The van der Waals surface area contributed by atoms with E-state index in [1.165, 1.54) is 41.5 Å². The minimum atomic E-state index is -3.82. The van der Waals surface area contributed by atoms with Crippen LogP contribution < -0.4 is 10.0 Å². The van der Waals surface area contributed by atoms with Crippen molar-refractivity contribution in [3.63, 3.8) is 0 Å². The third-order valence-electron chi connectivity index (χ3n) is 7.12. The Morgan fingerprint density at radius 2 is 1.77 bits per heavy atom. The monoisotopic (exact) mass is 564 g/mol. The molecule has 0 unspecified atom stereocenters. The number of carbonyl (C=O) groups excluding carboxylic acids is 2. The first-order chi connectivity index (χ1) is 19.2. The standard InChI is InChI=1S/C28H29FN6O4S/c1-3-40(38,39)33-27(36)22-17-31-35-25(22)30-16-23(26(35)32-24-10-9-21(29)15-18(24)2)28(37)34-13-11-20(12-14-34)19-7-5-4-6-8-19/h4-10,15-17,20,32H,3,11-14H2,1-2H3,(H,33,36). The van der Waals surface area contributed by atoms with E-state index < -0.39 is 21.7 Å². The summed E-state index contributed by atoms with van der Waals surface area (Å²) in [6.07, 6.45) is 4.17. The highest BCUT2D eigenvalue weighted by Crippen LogP contribution is 2.31. The predicted octanol–water partition coefficient (Wildman–Crippen LogP) is 4.02. The Bertz CT molecular complexity index is 1680. The summed E-state index contributed by atoms with van der Waals surface area (Å²) in [4.78, 5) is 32.6. The predicted molar refractivity (Wildman–Crippen MR) is 149 cm³/mol. The van der Waals surface area contributed by atoms with Gasteiger partial charge >= 0.3 is 0 Å². The Balaban J connectivity index is 1.50. The number of aromatic nitrogens is 3. The summed E-state index contributed by atoms with van der Waals surface area (Å²) < 4.78 is 41.0. The second-order valence-corrected chi connectivity index (χ2v) is 11.7. The first-order valence-electron chi connectivity index (χ1n) is 13.0. The highest BCUT2D eigenvalue weighted by atomic mass is 32.2. The van der Waals surface area contributed by atoms with E-state index in [0.717, 1.165) is 12.8 Å². The molecule has 0 bridgehead atoms. The quantitative estimate of drug-likeness (QED) is 0.347. The Labute approximate surface area is 231 Å². The largest absolute Gasteiger partial charge is 0.339 e. The van der Waals surface area contributed by atoms with Gasteiger partial charge in [-0.15, -0.1) is 0 Å². The molecule has 208 valence electrons. The number of halogens is 1. The average Bonchev–Trinajstić information content (AvgIpc) is 3.39. The molecule has 2 aromatic heterocycles. The molecule has 2 amide bonds. The molecule has 3 heterocycles. The zero-order valence-electron chi connectivity index (χ0n) is 22.1. The molecule has 40 heavy (non-hydrogen) atoms.